The van der Waals surface area contributed by atoms with Crippen LogP contribution >= 0.6 is 24.0 Å². The van der Waals surface area contributed by atoms with Crippen molar-refractivity contribution in [1.82, 2.24) is 15.5 Å². The van der Waals surface area contributed by atoms with Crippen LogP contribution in [-0.2, 0) is 4.74 Å². The van der Waals surface area contributed by atoms with Gasteiger partial charge in [-0.2, -0.15) is 0 Å². The lowest BCUT2D eigenvalue weighted by Gasteiger charge is -2.34. The van der Waals surface area contributed by atoms with E-state index in [0.29, 0.717) is 12.0 Å². The summed E-state index contributed by atoms with van der Waals surface area (Å²) >= 11 is 0. The number of nitrogens with zero attached hydrogens (tertiary/aromatic N) is 2. The van der Waals surface area contributed by atoms with E-state index in [1.54, 1.807) is 0 Å². The average molecular weight is 412 g/mol. The summed E-state index contributed by atoms with van der Waals surface area (Å²) in [6, 6.07) is 0.520. The van der Waals surface area contributed by atoms with Crippen LogP contribution in [0.2, 0.25) is 0 Å². The lowest BCUT2D eigenvalue weighted by molar-refractivity contribution is 0.0143. The summed E-state index contributed by atoms with van der Waals surface area (Å²) in [7, 11) is 0. The Morgan fingerprint density at radius 1 is 1.14 bits per heavy atom. The molecule has 1 rings (SSSR count). The molecule has 0 spiro atoms. The third-order valence-electron chi connectivity index (χ3n) is 3.45. The Balaban J connectivity index is 0.00000400. The minimum Gasteiger partial charge on any atom is -0.379 e. The fourth-order valence-corrected chi connectivity index (χ4v) is 2.53. The van der Waals surface area contributed by atoms with Crippen LogP contribution in [0.25, 0.3) is 0 Å². The van der Waals surface area contributed by atoms with Crippen molar-refractivity contribution in [3.8, 4) is 0 Å². The molecule has 0 aromatic carbocycles. The van der Waals surface area contributed by atoms with Gasteiger partial charge in [0.05, 0.1) is 19.8 Å². The lowest BCUT2D eigenvalue weighted by atomic mass is 10.0. The van der Waals surface area contributed by atoms with E-state index in [1.807, 2.05) is 0 Å². The van der Waals surface area contributed by atoms with Crippen molar-refractivity contribution in [3.05, 3.63) is 0 Å². The van der Waals surface area contributed by atoms with Crippen LogP contribution in [0.5, 0.6) is 0 Å². The second-order valence-corrected chi connectivity index (χ2v) is 5.68. The zero-order valence-corrected chi connectivity index (χ0v) is 16.4. The van der Waals surface area contributed by atoms with E-state index in [0.717, 1.165) is 51.9 Å². The fraction of sp³-hybridized carbons (Fsp3) is 0.933. The van der Waals surface area contributed by atoms with Gasteiger partial charge in [0.25, 0.3) is 0 Å². The molecule has 0 aliphatic carbocycles. The van der Waals surface area contributed by atoms with Gasteiger partial charge in [-0.15, -0.1) is 24.0 Å². The van der Waals surface area contributed by atoms with Gasteiger partial charge in [-0.25, -0.2) is 0 Å². The minimum absolute atomic E-state index is 0. The van der Waals surface area contributed by atoms with Crippen molar-refractivity contribution in [1.29, 1.82) is 0 Å². The summed E-state index contributed by atoms with van der Waals surface area (Å²) < 4.78 is 5.46. The lowest BCUT2D eigenvalue weighted by Crippen LogP contribution is -2.46. The molecule has 5 nitrogen and oxygen atoms in total. The number of guanidine groups is 1. The molecule has 1 atom stereocenters. The fourth-order valence-electron chi connectivity index (χ4n) is 2.53. The maximum atomic E-state index is 5.46. The third-order valence-corrected chi connectivity index (χ3v) is 3.45. The number of hydrogen-bond acceptors (Lipinski definition) is 3. The smallest absolute Gasteiger partial charge is 0.191 e. The third kappa shape index (κ3) is 8.83. The van der Waals surface area contributed by atoms with Crippen LogP contribution < -0.4 is 10.6 Å². The molecule has 0 radical (unpaired) electrons. The molecule has 1 heterocycles. The molecular formula is C15H33IN4O. The number of nitrogens with one attached hydrogen (secondary N) is 2. The normalized spacial score (nSPS) is 17.0. The largest absolute Gasteiger partial charge is 0.379 e. The molecule has 0 aromatic heterocycles. The number of aliphatic imine (C=N–C) groups is 1. The summed E-state index contributed by atoms with van der Waals surface area (Å²) in [5.41, 5.74) is 0. The van der Waals surface area contributed by atoms with Gasteiger partial charge in [-0.3, -0.25) is 9.89 Å². The predicted molar refractivity (Wildman–Crippen MR) is 101 cm³/mol. The first-order valence-electron chi connectivity index (χ1n) is 8.01. The minimum atomic E-state index is 0. The molecule has 21 heavy (non-hydrogen) atoms. The molecule has 1 aliphatic rings. The Bertz CT molecular complexity index is 273. The summed E-state index contributed by atoms with van der Waals surface area (Å²) in [6.45, 7) is 15.2. The highest BCUT2D eigenvalue weighted by Crippen LogP contribution is 2.13. The van der Waals surface area contributed by atoms with Gasteiger partial charge in [-0.05, 0) is 26.2 Å². The van der Waals surface area contributed by atoms with Gasteiger partial charge in [0.2, 0.25) is 0 Å². The Labute approximate surface area is 147 Å². The monoisotopic (exact) mass is 412 g/mol. The van der Waals surface area contributed by atoms with Crippen LogP contribution in [0.1, 0.15) is 34.1 Å². The van der Waals surface area contributed by atoms with Gasteiger partial charge < -0.3 is 15.4 Å². The Morgan fingerprint density at radius 2 is 1.71 bits per heavy atom. The summed E-state index contributed by atoms with van der Waals surface area (Å²) in [4.78, 5) is 7.27. The van der Waals surface area contributed by atoms with Gasteiger partial charge in [0.1, 0.15) is 0 Å². The van der Waals surface area contributed by atoms with E-state index in [4.69, 9.17) is 9.73 Å². The quantitative estimate of drug-likeness (QED) is 0.381. The highest BCUT2D eigenvalue weighted by atomic mass is 127. The van der Waals surface area contributed by atoms with Crippen LogP contribution in [0, 0.1) is 5.92 Å². The van der Waals surface area contributed by atoms with E-state index in [1.165, 1.54) is 6.42 Å². The molecule has 126 valence electrons. The molecule has 1 saturated heterocycles. The second-order valence-electron chi connectivity index (χ2n) is 5.68. The number of ether oxygens (including phenoxy) is 1. The predicted octanol–water partition coefficient (Wildman–Crippen LogP) is 1.93. The van der Waals surface area contributed by atoms with Crippen molar-refractivity contribution in [2.75, 3.05) is 45.9 Å². The Hall–Kier alpha value is -0.0800. The molecule has 0 bridgehead atoms. The number of morpholine rings is 1. The number of halogens is 1. The van der Waals surface area contributed by atoms with Crippen molar-refractivity contribution in [3.63, 3.8) is 0 Å². The molecule has 1 aliphatic heterocycles. The summed E-state index contributed by atoms with van der Waals surface area (Å²) in [5, 5.41) is 6.58. The van der Waals surface area contributed by atoms with Crippen LogP contribution in [0.3, 0.4) is 0 Å². The van der Waals surface area contributed by atoms with E-state index < -0.39 is 0 Å². The van der Waals surface area contributed by atoms with Gasteiger partial charge in [-0.1, -0.05) is 13.8 Å². The zero-order chi connectivity index (χ0) is 14.8. The molecule has 0 aromatic rings. The van der Waals surface area contributed by atoms with E-state index in [2.05, 4.69) is 43.2 Å². The van der Waals surface area contributed by atoms with Gasteiger partial charge >= 0.3 is 0 Å². The highest BCUT2D eigenvalue weighted by Gasteiger charge is 2.21. The van der Waals surface area contributed by atoms with Crippen molar-refractivity contribution < 1.29 is 4.74 Å². The summed E-state index contributed by atoms with van der Waals surface area (Å²) in [5.74, 6) is 1.62. The first kappa shape index (κ1) is 20.9. The standard InChI is InChI=1S/C15H32N4O.HI/c1-5-16-15(17-6-2)18-12-14(11-13(3)4)19-7-9-20-10-8-19;/h13-14H,5-12H2,1-4H3,(H2,16,17,18);1H. The Morgan fingerprint density at radius 3 is 2.19 bits per heavy atom. The summed E-state index contributed by atoms with van der Waals surface area (Å²) in [6.07, 6.45) is 1.19. The van der Waals surface area contributed by atoms with Gasteiger partial charge in [0, 0.05) is 32.2 Å². The van der Waals surface area contributed by atoms with E-state index >= 15 is 0 Å². The Kier molecular flexibility index (Phi) is 12.4. The first-order valence-corrected chi connectivity index (χ1v) is 8.01. The van der Waals surface area contributed by atoms with Crippen LogP contribution in [0.4, 0.5) is 0 Å². The van der Waals surface area contributed by atoms with Crippen molar-refractivity contribution >= 4 is 29.9 Å². The SMILES string of the molecule is CCNC(=NCC(CC(C)C)N1CCOCC1)NCC.I. The topological polar surface area (TPSA) is 48.9 Å². The second kappa shape index (κ2) is 12.5. The first-order chi connectivity index (χ1) is 9.67. The molecule has 0 saturated carbocycles. The molecule has 0 amide bonds. The molecule has 1 unspecified atom stereocenters. The maximum absolute atomic E-state index is 5.46. The maximum Gasteiger partial charge on any atom is 0.191 e. The molecule has 6 heteroatoms. The van der Waals surface area contributed by atoms with Crippen LogP contribution in [0.15, 0.2) is 4.99 Å². The van der Waals surface area contributed by atoms with Crippen molar-refractivity contribution in [2.45, 2.75) is 40.2 Å². The van der Waals surface area contributed by atoms with E-state index in [-0.39, 0.29) is 24.0 Å². The molecular weight excluding hydrogens is 379 g/mol. The average Bonchev–Trinajstić information content (AvgIpc) is 2.44. The van der Waals surface area contributed by atoms with Gasteiger partial charge in [0.15, 0.2) is 5.96 Å². The van der Waals surface area contributed by atoms with Crippen LogP contribution in [-0.4, -0.2) is 62.8 Å². The number of rotatable bonds is 7. The van der Waals surface area contributed by atoms with E-state index in [9.17, 15) is 0 Å². The molecule has 1 fully saturated rings. The number of hydrogen-bond donors (Lipinski definition) is 2. The zero-order valence-electron chi connectivity index (χ0n) is 14.0. The highest BCUT2D eigenvalue weighted by molar-refractivity contribution is 14.0. The van der Waals surface area contributed by atoms with Crippen molar-refractivity contribution in [2.24, 2.45) is 10.9 Å². The molecule has 2 N–H and O–H groups in total.